The van der Waals surface area contributed by atoms with Crippen LogP contribution < -0.4 is 5.32 Å². The van der Waals surface area contributed by atoms with E-state index >= 15 is 0 Å². The minimum atomic E-state index is 0. The van der Waals surface area contributed by atoms with Gasteiger partial charge < -0.3 is 10.2 Å². The van der Waals surface area contributed by atoms with Gasteiger partial charge in [-0.25, -0.2) is 0 Å². The number of halogens is 1. The maximum absolute atomic E-state index is 12.1. The monoisotopic (exact) mass is 338 g/mol. The van der Waals surface area contributed by atoms with Crippen molar-refractivity contribution in [2.24, 2.45) is 0 Å². The lowest BCUT2D eigenvalue weighted by Crippen LogP contribution is -2.26. The van der Waals surface area contributed by atoms with Crippen molar-refractivity contribution >= 4 is 18.3 Å². The Hall–Kier alpha value is -1.06. The smallest absolute Gasteiger partial charge is 0.251 e. The summed E-state index contributed by atoms with van der Waals surface area (Å²) in [5.41, 5.74) is 2.15. The first-order chi connectivity index (χ1) is 10.5. The number of hydrogen-bond donors (Lipinski definition) is 1. The van der Waals surface area contributed by atoms with Gasteiger partial charge >= 0.3 is 0 Å². The summed E-state index contributed by atoms with van der Waals surface area (Å²) < 4.78 is 0. The molecule has 23 heavy (non-hydrogen) atoms. The summed E-state index contributed by atoms with van der Waals surface area (Å²) in [5.74, 6) is 0.0432. The molecule has 0 unspecified atom stereocenters. The van der Waals surface area contributed by atoms with E-state index in [0.29, 0.717) is 0 Å². The van der Waals surface area contributed by atoms with E-state index in [1.807, 2.05) is 12.1 Å². The van der Waals surface area contributed by atoms with Gasteiger partial charge in [-0.1, -0.05) is 32.9 Å². The van der Waals surface area contributed by atoms with E-state index in [-0.39, 0.29) is 23.7 Å². The fraction of sp³-hybridized carbons (Fsp3) is 0.632. The molecule has 0 radical (unpaired) electrons. The van der Waals surface area contributed by atoms with E-state index in [4.69, 9.17) is 0 Å². The van der Waals surface area contributed by atoms with Crippen LogP contribution in [-0.2, 0) is 5.41 Å². The number of carbonyl (C=O) groups is 1. The highest BCUT2D eigenvalue weighted by Crippen LogP contribution is 2.22. The van der Waals surface area contributed by atoms with Crippen molar-refractivity contribution in [3.63, 3.8) is 0 Å². The number of nitrogens with one attached hydrogen (secondary N) is 1. The maximum atomic E-state index is 12.1. The van der Waals surface area contributed by atoms with E-state index in [2.05, 4.69) is 43.1 Å². The van der Waals surface area contributed by atoms with Crippen LogP contribution in [0.5, 0.6) is 0 Å². The number of unbranched alkanes of at least 4 members (excludes halogenated alkanes) is 1. The molecule has 1 saturated heterocycles. The van der Waals surface area contributed by atoms with Gasteiger partial charge in [0, 0.05) is 12.1 Å². The van der Waals surface area contributed by atoms with Gasteiger partial charge in [0.05, 0.1) is 0 Å². The van der Waals surface area contributed by atoms with Crippen molar-refractivity contribution in [1.82, 2.24) is 10.2 Å². The van der Waals surface area contributed by atoms with E-state index in [1.165, 1.54) is 44.5 Å². The van der Waals surface area contributed by atoms with Crippen LogP contribution in [-0.4, -0.2) is 37.0 Å². The molecule has 1 heterocycles. The number of benzene rings is 1. The molecule has 1 aliphatic heterocycles. The Balaban J connectivity index is 0.00000264. The van der Waals surface area contributed by atoms with Crippen LogP contribution in [0.4, 0.5) is 0 Å². The second-order valence-electron chi connectivity index (χ2n) is 7.34. The molecule has 0 atom stereocenters. The van der Waals surface area contributed by atoms with Gasteiger partial charge in [0.1, 0.15) is 0 Å². The molecular formula is C19H31ClN2O. The number of nitrogens with zero attached hydrogens (tertiary/aromatic N) is 1. The Labute approximate surface area is 147 Å². The second kappa shape index (κ2) is 9.29. The largest absolute Gasteiger partial charge is 0.352 e. The average molecular weight is 339 g/mol. The molecule has 4 heteroatoms. The quantitative estimate of drug-likeness (QED) is 0.795. The Morgan fingerprint density at radius 2 is 1.70 bits per heavy atom. The van der Waals surface area contributed by atoms with Crippen molar-refractivity contribution in [3.8, 4) is 0 Å². The summed E-state index contributed by atoms with van der Waals surface area (Å²) in [6.45, 7) is 11.0. The first-order valence-electron chi connectivity index (χ1n) is 8.58. The van der Waals surface area contributed by atoms with Gasteiger partial charge in [-0.3, -0.25) is 4.79 Å². The molecule has 2 rings (SSSR count). The van der Waals surface area contributed by atoms with Crippen molar-refractivity contribution in [2.75, 3.05) is 26.2 Å². The van der Waals surface area contributed by atoms with Gasteiger partial charge in [-0.05, 0) is 68.4 Å². The third kappa shape index (κ3) is 6.52. The van der Waals surface area contributed by atoms with Gasteiger partial charge in [-0.2, -0.15) is 0 Å². The van der Waals surface area contributed by atoms with Crippen molar-refractivity contribution < 1.29 is 4.79 Å². The SMILES string of the molecule is CC(C)(C)c1ccc(C(=O)NCCCCN2CCCC2)cc1.Cl. The van der Waals surface area contributed by atoms with Crippen LogP contribution >= 0.6 is 12.4 Å². The lowest BCUT2D eigenvalue weighted by molar-refractivity contribution is 0.0952. The number of likely N-dealkylation sites (tertiary alicyclic amines) is 1. The number of amides is 1. The van der Waals surface area contributed by atoms with E-state index in [9.17, 15) is 4.79 Å². The third-order valence-corrected chi connectivity index (χ3v) is 4.40. The van der Waals surface area contributed by atoms with Crippen LogP contribution in [0, 0.1) is 0 Å². The molecule has 0 spiro atoms. The molecule has 0 aliphatic carbocycles. The third-order valence-electron chi connectivity index (χ3n) is 4.40. The lowest BCUT2D eigenvalue weighted by Gasteiger charge is -2.19. The van der Waals surface area contributed by atoms with Crippen LogP contribution in [0.25, 0.3) is 0 Å². The van der Waals surface area contributed by atoms with Gasteiger partial charge in [0.2, 0.25) is 0 Å². The van der Waals surface area contributed by atoms with Crippen molar-refractivity contribution in [3.05, 3.63) is 35.4 Å². The van der Waals surface area contributed by atoms with E-state index in [0.717, 1.165) is 18.5 Å². The lowest BCUT2D eigenvalue weighted by atomic mass is 9.87. The highest BCUT2D eigenvalue weighted by molar-refractivity contribution is 5.94. The number of carbonyl (C=O) groups excluding carboxylic acids is 1. The maximum Gasteiger partial charge on any atom is 0.251 e. The summed E-state index contributed by atoms with van der Waals surface area (Å²) >= 11 is 0. The van der Waals surface area contributed by atoms with Crippen LogP contribution in [0.1, 0.15) is 62.4 Å². The highest BCUT2D eigenvalue weighted by Gasteiger charge is 2.14. The molecule has 1 amide bonds. The molecule has 130 valence electrons. The summed E-state index contributed by atoms with van der Waals surface area (Å²) in [6, 6.07) is 7.98. The van der Waals surface area contributed by atoms with Crippen LogP contribution in [0.15, 0.2) is 24.3 Å². The normalized spacial score (nSPS) is 15.3. The Morgan fingerprint density at radius 3 is 2.26 bits per heavy atom. The molecule has 1 aromatic carbocycles. The molecule has 3 nitrogen and oxygen atoms in total. The molecular weight excluding hydrogens is 308 g/mol. The fourth-order valence-electron chi connectivity index (χ4n) is 2.89. The minimum Gasteiger partial charge on any atom is -0.352 e. The Bertz CT molecular complexity index is 473. The first kappa shape index (κ1) is 20.0. The Kier molecular flexibility index (Phi) is 8.07. The van der Waals surface area contributed by atoms with Gasteiger partial charge in [-0.15, -0.1) is 12.4 Å². The van der Waals surface area contributed by atoms with Gasteiger partial charge in [0.15, 0.2) is 0 Å². The topological polar surface area (TPSA) is 32.3 Å². The molecule has 0 saturated carbocycles. The zero-order valence-corrected chi connectivity index (χ0v) is 15.5. The van der Waals surface area contributed by atoms with Crippen LogP contribution in [0.3, 0.4) is 0 Å². The van der Waals surface area contributed by atoms with Crippen molar-refractivity contribution in [1.29, 1.82) is 0 Å². The first-order valence-corrected chi connectivity index (χ1v) is 8.58. The van der Waals surface area contributed by atoms with Gasteiger partial charge in [0.25, 0.3) is 5.91 Å². The minimum absolute atomic E-state index is 0. The second-order valence-corrected chi connectivity index (χ2v) is 7.34. The average Bonchev–Trinajstić information content (AvgIpc) is 2.99. The van der Waals surface area contributed by atoms with Crippen LogP contribution in [0.2, 0.25) is 0 Å². The summed E-state index contributed by atoms with van der Waals surface area (Å²) in [6.07, 6.45) is 4.92. The predicted molar refractivity (Wildman–Crippen MR) is 99.6 cm³/mol. The molecule has 1 N–H and O–H groups in total. The standard InChI is InChI=1S/C19H30N2O.ClH/c1-19(2,3)17-10-8-16(9-11-17)18(22)20-12-4-5-13-21-14-6-7-15-21;/h8-11H,4-7,12-15H2,1-3H3,(H,20,22);1H. The van der Waals surface area contributed by atoms with Crippen molar-refractivity contribution in [2.45, 2.75) is 51.9 Å². The summed E-state index contributed by atoms with van der Waals surface area (Å²) in [7, 11) is 0. The van der Waals surface area contributed by atoms with E-state index < -0.39 is 0 Å². The Morgan fingerprint density at radius 1 is 1.09 bits per heavy atom. The predicted octanol–water partition coefficient (Wildman–Crippen LogP) is 4.01. The summed E-state index contributed by atoms with van der Waals surface area (Å²) in [5, 5.41) is 3.03. The van der Waals surface area contributed by atoms with E-state index in [1.54, 1.807) is 0 Å². The molecule has 0 bridgehead atoms. The number of rotatable bonds is 6. The molecule has 1 aliphatic rings. The zero-order chi connectivity index (χ0) is 16.0. The molecule has 0 aromatic heterocycles. The summed E-state index contributed by atoms with van der Waals surface area (Å²) in [4.78, 5) is 14.6. The zero-order valence-electron chi connectivity index (χ0n) is 14.7. The highest BCUT2D eigenvalue weighted by atomic mass is 35.5. The number of hydrogen-bond acceptors (Lipinski definition) is 2. The fourth-order valence-corrected chi connectivity index (χ4v) is 2.89. The molecule has 1 fully saturated rings. The molecule has 1 aromatic rings.